The second-order valence-electron chi connectivity index (χ2n) is 3.94. The molecule has 1 unspecified atom stereocenters. The quantitative estimate of drug-likeness (QED) is 0.644. The number of rotatable bonds is 0. The Kier molecular flexibility index (Phi) is 1.98. The predicted octanol–water partition coefficient (Wildman–Crippen LogP) is 1.92. The van der Waals surface area contributed by atoms with Crippen molar-refractivity contribution >= 4 is 0 Å². The lowest BCUT2D eigenvalue weighted by Gasteiger charge is -2.36. The van der Waals surface area contributed by atoms with E-state index in [-0.39, 0.29) is 12.4 Å². The minimum atomic E-state index is -0.106. The summed E-state index contributed by atoms with van der Waals surface area (Å²) in [6.45, 7) is 0.773. The Bertz CT molecular complexity index is 436. The van der Waals surface area contributed by atoms with Crippen molar-refractivity contribution in [1.82, 2.24) is 0 Å². The predicted molar refractivity (Wildman–Crippen MR) is 53.0 cm³/mol. The smallest absolute Gasteiger partial charge is 0.162 e. The van der Waals surface area contributed by atoms with E-state index in [0.29, 0.717) is 5.56 Å². The van der Waals surface area contributed by atoms with Crippen LogP contribution in [0.25, 0.3) is 0 Å². The molecule has 1 fully saturated rings. The summed E-state index contributed by atoms with van der Waals surface area (Å²) in [6, 6.07) is 7.99. The molecule has 0 radical (unpaired) electrons. The van der Waals surface area contributed by atoms with E-state index in [1.807, 2.05) is 18.2 Å². The molecule has 2 atom stereocenters. The first kappa shape index (κ1) is 8.90. The summed E-state index contributed by atoms with van der Waals surface area (Å²) in [5.74, 6) is 0. The fourth-order valence-electron chi connectivity index (χ4n) is 2.28. The van der Waals surface area contributed by atoms with Crippen molar-refractivity contribution < 1.29 is 9.47 Å². The third-order valence-corrected chi connectivity index (χ3v) is 3.01. The second-order valence-corrected chi connectivity index (χ2v) is 3.94. The summed E-state index contributed by atoms with van der Waals surface area (Å²) in [4.78, 5) is 0. The number of fused-ring (bicyclic) bond motifs is 4. The highest BCUT2D eigenvalue weighted by Crippen LogP contribution is 2.36. The minimum Gasteiger partial charge on any atom is -0.352 e. The van der Waals surface area contributed by atoms with E-state index in [4.69, 9.17) is 14.7 Å². The molecule has 0 N–H and O–H groups in total. The monoisotopic (exact) mass is 201 g/mol. The first-order valence-electron chi connectivity index (χ1n) is 5.17. The molecule has 3 nitrogen and oxygen atoms in total. The molecule has 2 heterocycles. The maximum absolute atomic E-state index is 8.83. The maximum atomic E-state index is 8.83. The highest BCUT2D eigenvalue weighted by molar-refractivity contribution is 5.40. The lowest BCUT2D eigenvalue weighted by atomic mass is 9.92. The van der Waals surface area contributed by atoms with Gasteiger partial charge in [-0.25, -0.2) is 0 Å². The molecule has 0 saturated carbocycles. The van der Waals surface area contributed by atoms with Crippen molar-refractivity contribution in [1.29, 1.82) is 5.26 Å². The third kappa shape index (κ3) is 1.43. The minimum absolute atomic E-state index is 0.106. The van der Waals surface area contributed by atoms with Crippen molar-refractivity contribution in [3.63, 3.8) is 0 Å². The maximum Gasteiger partial charge on any atom is 0.162 e. The van der Waals surface area contributed by atoms with E-state index in [0.717, 1.165) is 19.4 Å². The van der Waals surface area contributed by atoms with Crippen LogP contribution in [-0.2, 0) is 15.9 Å². The van der Waals surface area contributed by atoms with Crippen LogP contribution in [0.1, 0.15) is 29.2 Å². The van der Waals surface area contributed by atoms with Gasteiger partial charge in [0, 0.05) is 12.8 Å². The molecule has 2 aliphatic heterocycles. The molecule has 3 rings (SSSR count). The molecule has 1 saturated heterocycles. The SMILES string of the molecule is N#Cc1ccc2c(c1)CC1OCC[C@@H]2O1. The van der Waals surface area contributed by atoms with Gasteiger partial charge in [-0.2, -0.15) is 5.26 Å². The topological polar surface area (TPSA) is 42.2 Å². The van der Waals surface area contributed by atoms with E-state index >= 15 is 0 Å². The largest absolute Gasteiger partial charge is 0.352 e. The molecule has 2 bridgehead atoms. The number of hydrogen-bond donors (Lipinski definition) is 0. The fraction of sp³-hybridized carbons (Fsp3) is 0.417. The Morgan fingerprint density at radius 2 is 2.33 bits per heavy atom. The number of hydrogen-bond acceptors (Lipinski definition) is 3. The second kappa shape index (κ2) is 3.34. The average molecular weight is 201 g/mol. The van der Waals surface area contributed by atoms with Gasteiger partial charge in [-0.3, -0.25) is 0 Å². The first-order chi connectivity index (χ1) is 7.36. The summed E-state index contributed by atoms with van der Waals surface area (Å²) in [7, 11) is 0. The zero-order valence-electron chi connectivity index (χ0n) is 8.27. The van der Waals surface area contributed by atoms with Crippen LogP contribution in [0.5, 0.6) is 0 Å². The number of benzene rings is 1. The standard InChI is InChI=1S/C12H11NO2/c13-7-8-1-2-10-9(5-8)6-12-14-4-3-11(10)15-12/h1-2,5,11-12H,3-4,6H2/t11-,12?/m0/s1. The van der Waals surface area contributed by atoms with Crippen LogP contribution < -0.4 is 0 Å². The number of nitrogens with zero attached hydrogens (tertiary/aromatic N) is 1. The number of ether oxygens (including phenoxy) is 2. The van der Waals surface area contributed by atoms with E-state index in [1.165, 1.54) is 11.1 Å². The summed E-state index contributed by atoms with van der Waals surface area (Å²) >= 11 is 0. The highest BCUT2D eigenvalue weighted by Gasteiger charge is 2.31. The van der Waals surface area contributed by atoms with Crippen molar-refractivity contribution in [3.05, 3.63) is 34.9 Å². The lowest BCUT2D eigenvalue weighted by molar-refractivity contribution is -0.221. The van der Waals surface area contributed by atoms with Crippen molar-refractivity contribution in [2.75, 3.05) is 6.61 Å². The molecule has 0 amide bonds. The van der Waals surface area contributed by atoms with Crippen molar-refractivity contribution in [2.45, 2.75) is 25.2 Å². The van der Waals surface area contributed by atoms with Crippen molar-refractivity contribution in [2.24, 2.45) is 0 Å². The van der Waals surface area contributed by atoms with Gasteiger partial charge in [0.25, 0.3) is 0 Å². The Labute approximate surface area is 88.2 Å². The van der Waals surface area contributed by atoms with E-state index in [9.17, 15) is 0 Å². The molecule has 1 aromatic carbocycles. The normalized spacial score (nSPS) is 27.9. The van der Waals surface area contributed by atoms with Gasteiger partial charge in [0.1, 0.15) is 0 Å². The summed E-state index contributed by atoms with van der Waals surface area (Å²) < 4.78 is 11.2. The van der Waals surface area contributed by atoms with Gasteiger partial charge in [-0.15, -0.1) is 0 Å². The van der Waals surface area contributed by atoms with Gasteiger partial charge in [0.2, 0.25) is 0 Å². The zero-order valence-corrected chi connectivity index (χ0v) is 8.27. The van der Waals surface area contributed by atoms with Crippen LogP contribution in [0.3, 0.4) is 0 Å². The summed E-state index contributed by atoms with van der Waals surface area (Å²) in [5, 5.41) is 8.83. The fourth-order valence-corrected chi connectivity index (χ4v) is 2.28. The summed E-state index contributed by atoms with van der Waals surface area (Å²) in [5.41, 5.74) is 3.15. The molecule has 2 aliphatic rings. The molecular weight excluding hydrogens is 190 g/mol. The van der Waals surface area contributed by atoms with Crippen LogP contribution >= 0.6 is 0 Å². The van der Waals surface area contributed by atoms with Crippen LogP contribution in [0.2, 0.25) is 0 Å². The van der Waals surface area contributed by atoms with Gasteiger partial charge in [0.05, 0.1) is 24.3 Å². The Hall–Kier alpha value is -1.37. The van der Waals surface area contributed by atoms with Crippen molar-refractivity contribution in [3.8, 4) is 6.07 Å². The molecule has 15 heavy (non-hydrogen) atoms. The molecular formula is C12H11NO2. The Morgan fingerprint density at radius 3 is 3.20 bits per heavy atom. The molecule has 1 aromatic rings. The van der Waals surface area contributed by atoms with Gasteiger partial charge in [0.15, 0.2) is 6.29 Å². The van der Waals surface area contributed by atoms with Gasteiger partial charge in [-0.1, -0.05) is 6.07 Å². The lowest BCUT2D eigenvalue weighted by Crippen LogP contribution is -2.34. The highest BCUT2D eigenvalue weighted by atomic mass is 16.7. The Balaban J connectivity index is 2.06. The molecule has 0 aromatic heterocycles. The molecule has 0 aliphatic carbocycles. The van der Waals surface area contributed by atoms with Gasteiger partial charge < -0.3 is 9.47 Å². The third-order valence-electron chi connectivity index (χ3n) is 3.01. The van der Waals surface area contributed by atoms with Crippen LogP contribution in [0, 0.1) is 11.3 Å². The van der Waals surface area contributed by atoms with E-state index in [2.05, 4.69) is 6.07 Å². The Morgan fingerprint density at radius 1 is 1.40 bits per heavy atom. The summed E-state index contributed by atoms with van der Waals surface area (Å²) in [6.07, 6.45) is 1.74. The van der Waals surface area contributed by atoms with Gasteiger partial charge >= 0.3 is 0 Å². The van der Waals surface area contributed by atoms with E-state index < -0.39 is 0 Å². The molecule has 3 heteroatoms. The molecule has 0 spiro atoms. The van der Waals surface area contributed by atoms with Crippen LogP contribution in [-0.4, -0.2) is 12.9 Å². The van der Waals surface area contributed by atoms with Gasteiger partial charge in [-0.05, 0) is 23.3 Å². The first-order valence-corrected chi connectivity index (χ1v) is 5.17. The molecule has 76 valence electrons. The van der Waals surface area contributed by atoms with Crippen LogP contribution in [0.4, 0.5) is 0 Å². The average Bonchev–Trinajstić information content (AvgIpc) is 2.28. The zero-order chi connectivity index (χ0) is 10.3. The number of nitriles is 1. The van der Waals surface area contributed by atoms with Crippen LogP contribution in [0.15, 0.2) is 18.2 Å². The van der Waals surface area contributed by atoms with E-state index in [1.54, 1.807) is 0 Å².